The maximum Gasteiger partial charge on any atom is 0.341 e. The second kappa shape index (κ2) is 6.62. The molecule has 0 aliphatic carbocycles. The van der Waals surface area contributed by atoms with Crippen molar-refractivity contribution >= 4 is 17.4 Å². The van der Waals surface area contributed by atoms with Crippen LogP contribution in [0.15, 0.2) is 42.9 Å². The van der Waals surface area contributed by atoms with Gasteiger partial charge in [-0.05, 0) is 31.2 Å². The number of hydrogen-bond donors (Lipinski definition) is 0. The van der Waals surface area contributed by atoms with E-state index in [-0.39, 0.29) is 12.4 Å². The van der Waals surface area contributed by atoms with Gasteiger partial charge >= 0.3 is 5.97 Å². The van der Waals surface area contributed by atoms with Crippen molar-refractivity contribution in [1.29, 1.82) is 0 Å². The van der Waals surface area contributed by atoms with Gasteiger partial charge in [-0.1, -0.05) is 6.92 Å². The van der Waals surface area contributed by atoms with Crippen LogP contribution in [0, 0.1) is 0 Å². The maximum atomic E-state index is 12.5. The molecular weight excluding hydrogens is 306 g/mol. The number of aromatic nitrogens is 3. The molecule has 6 nitrogen and oxygen atoms in total. The molecule has 0 aliphatic rings. The maximum absolute atomic E-state index is 12.5. The second-order valence-electron chi connectivity index (χ2n) is 5.16. The largest absolute Gasteiger partial charge is 0.462 e. The summed E-state index contributed by atoms with van der Waals surface area (Å²) in [6.07, 6.45) is 5.37. The third kappa shape index (κ3) is 2.67. The number of nitrogens with zero attached hydrogens (tertiary/aromatic N) is 3. The van der Waals surface area contributed by atoms with Crippen molar-refractivity contribution in [1.82, 2.24) is 14.4 Å². The summed E-state index contributed by atoms with van der Waals surface area (Å²) in [5, 5.41) is 0. The van der Waals surface area contributed by atoms with Crippen molar-refractivity contribution in [3.05, 3.63) is 54.1 Å². The van der Waals surface area contributed by atoms with E-state index < -0.39 is 5.97 Å². The molecule has 0 saturated carbocycles. The van der Waals surface area contributed by atoms with Gasteiger partial charge in [0.15, 0.2) is 11.4 Å². The lowest BCUT2D eigenvalue weighted by Crippen LogP contribution is -2.08. The minimum atomic E-state index is -0.454. The molecule has 3 heterocycles. The predicted octanol–water partition coefficient (Wildman–Crippen LogP) is 3.17. The Labute approximate surface area is 139 Å². The number of pyridine rings is 2. The smallest absolute Gasteiger partial charge is 0.341 e. The number of hydrogen-bond acceptors (Lipinski definition) is 5. The molecule has 0 aliphatic heterocycles. The zero-order chi connectivity index (χ0) is 17.1. The molecular formula is C18H17N3O3. The average molecular weight is 323 g/mol. The van der Waals surface area contributed by atoms with Crippen LogP contribution in [0.2, 0.25) is 0 Å². The number of rotatable bonds is 5. The first kappa shape index (κ1) is 15.9. The summed E-state index contributed by atoms with van der Waals surface area (Å²) in [7, 11) is 0. The van der Waals surface area contributed by atoms with Crippen molar-refractivity contribution < 1.29 is 14.3 Å². The van der Waals surface area contributed by atoms with Gasteiger partial charge in [0.1, 0.15) is 17.0 Å². The Morgan fingerprint density at radius 1 is 1.17 bits per heavy atom. The summed E-state index contributed by atoms with van der Waals surface area (Å²) in [5.74, 6) is -0.500. The Hall–Kier alpha value is -3.02. The average Bonchev–Trinajstić information content (AvgIpc) is 3.01. The van der Waals surface area contributed by atoms with E-state index in [2.05, 4.69) is 9.97 Å². The molecule has 0 bridgehead atoms. The number of imidazole rings is 1. The van der Waals surface area contributed by atoms with Crippen LogP contribution in [0.4, 0.5) is 0 Å². The van der Waals surface area contributed by atoms with Gasteiger partial charge in [-0.3, -0.25) is 14.2 Å². The molecule has 0 aromatic carbocycles. The van der Waals surface area contributed by atoms with Crippen LogP contribution in [0.25, 0.3) is 16.9 Å². The fourth-order valence-corrected chi connectivity index (χ4v) is 2.58. The summed E-state index contributed by atoms with van der Waals surface area (Å²) >= 11 is 0. The van der Waals surface area contributed by atoms with Crippen LogP contribution in [0.3, 0.4) is 0 Å². The van der Waals surface area contributed by atoms with Gasteiger partial charge in [-0.15, -0.1) is 0 Å². The van der Waals surface area contributed by atoms with Crippen LogP contribution in [-0.4, -0.2) is 32.7 Å². The lowest BCUT2D eigenvalue weighted by molar-refractivity contribution is 0.0527. The van der Waals surface area contributed by atoms with Crippen LogP contribution >= 0.6 is 0 Å². The van der Waals surface area contributed by atoms with Crippen LogP contribution < -0.4 is 0 Å². The number of esters is 1. The van der Waals surface area contributed by atoms with Crippen molar-refractivity contribution in [2.75, 3.05) is 6.61 Å². The normalized spacial score (nSPS) is 10.8. The van der Waals surface area contributed by atoms with Crippen LogP contribution in [0.5, 0.6) is 0 Å². The van der Waals surface area contributed by atoms with Gasteiger partial charge in [0, 0.05) is 30.6 Å². The van der Waals surface area contributed by atoms with E-state index in [1.807, 2.05) is 0 Å². The zero-order valence-electron chi connectivity index (χ0n) is 13.5. The molecule has 6 heteroatoms. The molecule has 0 atom stereocenters. The predicted molar refractivity (Wildman–Crippen MR) is 89.0 cm³/mol. The third-order valence-corrected chi connectivity index (χ3v) is 3.68. The fraction of sp³-hybridized carbons (Fsp3) is 0.222. The lowest BCUT2D eigenvalue weighted by Gasteiger charge is -2.05. The fourth-order valence-electron chi connectivity index (χ4n) is 2.58. The van der Waals surface area contributed by atoms with Crippen molar-refractivity contribution in [3.8, 4) is 11.3 Å². The van der Waals surface area contributed by atoms with Gasteiger partial charge in [0.25, 0.3) is 0 Å². The minimum absolute atomic E-state index is 0.0460. The number of carbonyl (C=O) groups excluding carboxylic acids is 2. The Morgan fingerprint density at radius 2 is 1.92 bits per heavy atom. The molecule has 0 N–H and O–H groups in total. The first-order valence-electron chi connectivity index (χ1n) is 7.79. The summed E-state index contributed by atoms with van der Waals surface area (Å²) in [6, 6.07) is 6.94. The van der Waals surface area contributed by atoms with E-state index in [0.717, 1.165) is 5.56 Å². The number of ether oxygens (including phenoxy) is 1. The summed E-state index contributed by atoms with van der Waals surface area (Å²) in [5.41, 5.74) is 2.54. The second-order valence-corrected chi connectivity index (χ2v) is 5.16. The Morgan fingerprint density at radius 3 is 2.58 bits per heavy atom. The molecule has 0 spiro atoms. The van der Waals surface area contributed by atoms with Gasteiger partial charge in [0.05, 0.1) is 6.61 Å². The highest BCUT2D eigenvalue weighted by atomic mass is 16.5. The SMILES string of the molecule is CCOC(=O)c1cccn2c(C(=O)CC)c(-c3ccncc3)nc12. The Bertz CT molecular complexity index is 901. The van der Waals surface area contributed by atoms with E-state index in [0.29, 0.717) is 29.0 Å². The summed E-state index contributed by atoms with van der Waals surface area (Å²) in [4.78, 5) is 33.2. The quantitative estimate of drug-likeness (QED) is 0.532. The molecule has 3 aromatic heterocycles. The highest BCUT2D eigenvalue weighted by Crippen LogP contribution is 2.26. The Kier molecular flexibility index (Phi) is 4.37. The first-order chi connectivity index (χ1) is 11.7. The molecule has 24 heavy (non-hydrogen) atoms. The highest BCUT2D eigenvalue weighted by Gasteiger charge is 2.23. The summed E-state index contributed by atoms with van der Waals surface area (Å²) < 4.78 is 6.75. The highest BCUT2D eigenvalue weighted by molar-refractivity contribution is 6.03. The van der Waals surface area contributed by atoms with E-state index >= 15 is 0 Å². The first-order valence-corrected chi connectivity index (χ1v) is 7.79. The van der Waals surface area contributed by atoms with Gasteiger partial charge in [-0.25, -0.2) is 9.78 Å². The van der Waals surface area contributed by atoms with Crippen LogP contribution in [-0.2, 0) is 4.74 Å². The molecule has 122 valence electrons. The lowest BCUT2D eigenvalue weighted by atomic mass is 10.1. The minimum Gasteiger partial charge on any atom is -0.462 e. The van der Waals surface area contributed by atoms with E-state index in [1.165, 1.54) is 0 Å². The monoisotopic (exact) mass is 323 g/mol. The van der Waals surface area contributed by atoms with E-state index in [4.69, 9.17) is 4.74 Å². The molecule has 0 saturated heterocycles. The van der Waals surface area contributed by atoms with E-state index in [1.54, 1.807) is 61.1 Å². The number of ketones is 1. The molecule has 0 unspecified atom stereocenters. The molecule has 0 fully saturated rings. The number of Topliss-reactive ketones (excluding diaryl/α,β-unsaturated/α-hetero) is 1. The molecule has 0 amide bonds. The molecule has 3 aromatic rings. The van der Waals surface area contributed by atoms with Crippen molar-refractivity contribution in [2.24, 2.45) is 0 Å². The van der Waals surface area contributed by atoms with Gasteiger partial charge in [-0.2, -0.15) is 0 Å². The number of carbonyl (C=O) groups is 2. The molecule has 3 rings (SSSR count). The van der Waals surface area contributed by atoms with Crippen molar-refractivity contribution in [2.45, 2.75) is 20.3 Å². The summed E-state index contributed by atoms with van der Waals surface area (Å²) in [6.45, 7) is 3.82. The van der Waals surface area contributed by atoms with Gasteiger partial charge in [0.2, 0.25) is 0 Å². The van der Waals surface area contributed by atoms with Crippen LogP contribution in [0.1, 0.15) is 41.1 Å². The Balaban J connectivity index is 2.30. The van der Waals surface area contributed by atoms with E-state index in [9.17, 15) is 9.59 Å². The zero-order valence-corrected chi connectivity index (χ0v) is 13.5. The standard InChI is InChI=1S/C18H17N3O3/c1-3-14(22)16-15(12-7-9-19-10-8-12)20-17-13(18(23)24-4-2)6-5-11-21(16)17/h5-11H,3-4H2,1-2H3. The van der Waals surface area contributed by atoms with Crippen molar-refractivity contribution in [3.63, 3.8) is 0 Å². The molecule has 0 radical (unpaired) electrons. The number of fused-ring (bicyclic) bond motifs is 1. The third-order valence-electron chi connectivity index (χ3n) is 3.68. The van der Waals surface area contributed by atoms with Gasteiger partial charge < -0.3 is 4.74 Å². The topological polar surface area (TPSA) is 73.6 Å².